The molecule has 0 aliphatic heterocycles. The van der Waals surface area contributed by atoms with Gasteiger partial charge in [-0.05, 0) is 36.2 Å². The minimum Gasteiger partial charge on any atom is -0.489 e. The number of ether oxygens (including phenoxy) is 1. The van der Waals surface area contributed by atoms with Crippen LogP contribution in [-0.2, 0) is 19.6 Å². The van der Waals surface area contributed by atoms with Gasteiger partial charge >= 0.3 is 0 Å². The summed E-state index contributed by atoms with van der Waals surface area (Å²) in [6, 6.07) is 25.0. The Balaban J connectivity index is 1.51. The van der Waals surface area contributed by atoms with E-state index in [1.807, 2.05) is 48.5 Å². The Hall–Kier alpha value is -2.65. The second kappa shape index (κ2) is 9.00. The fraction of sp³-hybridized carbons (Fsp3) is 0.182. The second-order valence-electron chi connectivity index (χ2n) is 5.90. The van der Waals surface area contributed by atoms with E-state index in [0.29, 0.717) is 26.1 Å². The highest BCUT2D eigenvalue weighted by atomic mass is 19.1. The first-order chi connectivity index (χ1) is 12.3. The average Bonchev–Trinajstić information content (AvgIpc) is 2.66. The zero-order valence-electron chi connectivity index (χ0n) is 14.1. The third kappa shape index (κ3) is 5.16. The summed E-state index contributed by atoms with van der Waals surface area (Å²) in [5.41, 5.74) is 2.99. The van der Waals surface area contributed by atoms with Crippen LogP contribution in [0.2, 0.25) is 0 Å². The molecule has 1 N–H and O–H groups in total. The molecule has 3 rings (SSSR count). The summed E-state index contributed by atoms with van der Waals surface area (Å²) in [6.07, 6.45) is 0.666. The molecule has 0 unspecified atom stereocenters. The molecule has 0 radical (unpaired) electrons. The van der Waals surface area contributed by atoms with Crippen LogP contribution in [0.4, 0.5) is 4.39 Å². The largest absolute Gasteiger partial charge is 0.489 e. The van der Waals surface area contributed by atoms with Crippen molar-refractivity contribution in [3.8, 4) is 5.75 Å². The lowest BCUT2D eigenvalue weighted by molar-refractivity contribution is 0.302. The maximum Gasteiger partial charge on any atom is 0.126 e. The van der Waals surface area contributed by atoms with Crippen molar-refractivity contribution in [3.63, 3.8) is 0 Å². The Bertz CT molecular complexity index is 789. The van der Waals surface area contributed by atoms with Crippen LogP contribution in [0.25, 0.3) is 0 Å². The van der Waals surface area contributed by atoms with Crippen molar-refractivity contribution in [2.45, 2.75) is 19.6 Å². The van der Waals surface area contributed by atoms with Crippen LogP contribution < -0.4 is 10.1 Å². The molecule has 0 aromatic heterocycles. The number of hydrogen-bond acceptors (Lipinski definition) is 2. The lowest BCUT2D eigenvalue weighted by Crippen LogP contribution is -2.17. The molecular formula is C22H22FNO. The lowest BCUT2D eigenvalue weighted by atomic mass is 10.1. The Kier molecular flexibility index (Phi) is 6.18. The normalized spacial score (nSPS) is 10.6. The van der Waals surface area contributed by atoms with Gasteiger partial charge in [0.1, 0.15) is 18.2 Å². The molecule has 2 nitrogen and oxygen atoms in total. The summed E-state index contributed by atoms with van der Waals surface area (Å²) >= 11 is 0. The minimum absolute atomic E-state index is 0.143. The Morgan fingerprint density at radius 2 is 1.44 bits per heavy atom. The van der Waals surface area contributed by atoms with Gasteiger partial charge in [0.2, 0.25) is 0 Å². The molecule has 3 aromatic carbocycles. The predicted molar refractivity (Wildman–Crippen MR) is 99.0 cm³/mol. The molecule has 128 valence electrons. The van der Waals surface area contributed by atoms with E-state index in [-0.39, 0.29) is 5.82 Å². The van der Waals surface area contributed by atoms with Crippen LogP contribution in [0.15, 0.2) is 78.9 Å². The zero-order chi connectivity index (χ0) is 17.3. The van der Waals surface area contributed by atoms with E-state index in [1.54, 1.807) is 6.07 Å². The molecule has 0 aliphatic rings. The first-order valence-electron chi connectivity index (χ1n) is 8.51. The molecule has 0 atom stereocenters. The molecule has 0 heterocycles. The average molecular weight is 335 g/mol. The Labute approximate surface area is 148 Å². The highest BCUT2D eigenvalue weighted by Gasteiger charge is 2.04. The molecule has 0 saturated carbocycles. The van der Waals surface area contributed by atoms with Crippen LogP contribution in [0.3, 0.4) is 0 Å². The SMILES string of the molecule is Fc1ccccc1CCNCc1ccccc1OCc1ccccc1. The van der Waals surface area contributed by atoms with E-state index < -0.39 is 0 Å². The Morgan fingerprint density at radius 1 is 0.760 bits per heavy atom. The van der Waals surface area contributed by atoms with Crippen LogP contribution in [0.5, 0.6) is 5.75 Å². The van der Waals surface area contributed by atoms with Crippen molar-refractivity contribution < 1.29 is 9.13 Å². The first-order valence-corrected chi connectivity index (χ1v) is 8.51. The molecule has 0 aliphatic carbocycles. The topological polar surface area (TPSA) is 21.3 Å². The molecule has 0 spiro atoms. The van der Waals surface area contributed by atoms with Gasteiger partial charge in [-0.2, -0.15) is 0 Å². The number of benzene rings is 3. The molecular weight excluding hydrogens is 313 g/mol. The molecule has 3 heteroatoms. The van der Waals surface area contributed by atoms with Crippen LogP contribution >= 0.6 is 0 Å². The maximum atomic E-state index is 13.6. The summed E-state index contributed by atoms with van der Waals surface area (Å²) in [5.74, 6) is 0.737. The Morgan fingerprint density at radius 3 is 2.24 bits per heavy atom. The second-order valence-corrected chi connectivity index (χ2v) is 5.90. The van der Waals surface area contributed by atoms with Gasteiger partial charge in [-0.25, -0.2) is 4.39 Å². The third-order valence-electron chi connectivity index (χ3n) is 4.05. The van der Waals surface area contributed by atoms with Gasteiger partial charge in [-0.1, -0.05) is 66.7 Å². The van der Waals surface area contributed by atoms with Crippen molar-refractivity contribution in [1.29, 1.82) is 0 Å². The molecule has 0 fully saturated rings. The van der Waals surface area contributed by atoms with Gasteiger partial charge < -0.3 is 10.1 Å². The highest BCUT2D eigenvalue weighted by molar-refractivity contribution is 5.33. The van der Waals surface area contributed by atoms with E-state index in [2.05, 4.69) is 23.5 Å². The van der Waals surface area contributed by atoms with Crippen molar-refractivity contribution in [1.82, 2.24) is 5.32 Å². The fourth-order valence-electron chi connectivity index (χ4n) is 2.67. The van der Waals surface area contributed by atoms with Gasteiger partial charge in [-0.15, -0.1) is 0 Å². The molecule has 0 amide bonds. The van der Waals surface area contributed by atoms with Gasteiger partial charge in [0.05, 0.1) is 0 Å². The summed E-state index contributed by atoms with van der Waals surface area (Å²) in [5, 5.41) is 3.37. The van der Waals surface area contributed by atoms with Crippen molar-refractivity contribution >= 4 is 0 Å². The summed E-state index contributed by atoms with van der Waals surface area (Å²) < 4.78 is 19.6. The standard InChI is InChI=1S/C22H22FNO/c23-21-12-6-4-10-19(21)14-15-24-16-20-11-5-7-13-22(20)25-17-18-8-2-1-3-9-18/h1-13,24H,14-17H2. The summed E-state index contributed by atoms with van der Waals surface area (Å²) in [4.78, 5) is 0. The number of halogens is 1. The smallest absolute Gasteiger partial charge is 0.126 e. The van der Waals surface area contributed by atoms with E-state index >= 15 is 0 Å². The fourth-order valence-corrected chi connectivity index (χ4v) is 2.67. The number of hydrogen-bond donors (Lipinski definition) is 1. The van der Waals surface area contributed by atoms with Crippen molar-refractivity contribution in [2.75, 3.05) is 6.54 Å². The first kappa shape index (κ1) is 17.2. The zero-order valence-corrected chi connectivity index (χ0v) is 14.1. The van der Waals surface area contributed by atoms with E-state index in [4.69, 9.17) is 4.74 Å². The van der Waals surface area contributed by atoms with Crippen LogP contribution in [0.1, 0.15) is 16.7 Å². The lowest BCUT2D eigenvalue weighted by Gasteiger charge is -2.12. The van der Waals surface area contributed by atoms with Crippen molar-refractivity contribution in [2.24, 2.45) is 0 Å². The van der Waals surface area contributed by atoms with Gasteiger partial charge in [-0.3, -0.25) is 0 Å². The predicted octanol–water partition coefficient (Wildman–Crippen LogP) is 4.74. The van der Waals surface area contributed by atoms with Gasteiger partial charge in [0.15, 0.2) is 0 Å². The highest BCUT2D eigenvalue weighted by Crippen LogP contribution is 2.19. The number of nitrogens with one attached hydrogen (secondary N) is 1. The molecule has 25 heavy (non-hydrogen) atoms. The number of rotatable bonds is 8. The minimum atomic E-state index is -0.143. The summed E-state index contributed by atoms with van der Waals surface area (Å²) in [6.45, 7) is 1.96. The van der Waals surface area contributed by atoms with Crippen molar-refractivity contribution in [3.05, 3.63) is 101 Å². The van der Waals surface area contributed by atoms with Crippen LogP contribution in [-0.4, -0.2) is 6.54 Å². The third-order valence-corrected chi connectivity index (χ3v) is 4.05. The molecule has 3 aromatic rings. The van der Waals surface area contributed by atoms with E-state index in [1.165, 1.54) is 6.07 Å². The van der Waals surface area contributed by atoms with Gasteiger partial charge in [0, 0.05) is 12.1 Å². The molecule has 0 saturated heterocycles. The van der Waals surface area contributed by atoms with E-state index in [9.17, 15) is 4.39 Å². The summed E-state index contributed by atoms with van der Waals surface area (Å²) in [7, 11) is 0. The van der Waals surface area contributed by atoms with Crippen LogP contribution in [0, 0.1) is 5.82 Å². The van der Waals surface area contributed by atoms with E-state index in [0.717, 1.165) is 22.4 Å². The van der Waals surface area contributed by atoms with Gasteiger partial charge in [0.25, 0.3) is 0 Å². The quantitative estimate of drug-likeness (QED) is 0.601. The monoisotopic (exact) mass is 335 g/mol. The molecule has 0 bridgehead atoms. The number of para-hydroxylation sites is 1. The maximum absolute atomic E-state index is 13.6.